The molecule has 0 unspecified atom stereocenters. The Morgan fingerprint density at radius 1 is 1.11 bits per heavy atom. The van der Waals surface area contributed by atoms with Gasteiger partial charge in [0.1, 0.15) is 11.4 Å². The molecule has 0 aromatic heterocycles. The smallest absolute Gasteiger partial charge is 0.178 e. The summed E-state index contributed by atoms with van der Waals surface area (Å²) in [4.78, 5) is 23.5. The monoisotopic (exact) mass is 254 g/mol. The molecule has 0 aromatic rings. The van der Waals surface area contributed by atoms with Crippen LogP contribution in [0.15, 0.2) is 10.3 Å². The Hall–Kier alpha value is -2.27. The number of carbonyl (C=O) groups is 2. The molecule has 2 N–H and O–H groups in total. The molecule has 0 saturated heterocycles. The van der Waals surface area contributed by atoms with Gasteiger partial charge in [-0.15, -0.1) is 0 Å². The van der Waals surface area contributed by atoms with Crippen LogP contribution in [-0.2, 0) is 9.59 Å². The van der Waals surface area contributed by atoms with E-state index in [1.807, 2.05) is 6.07 Å². The Bertz CT molecular complexity index is 390. The maximum absolute atomic E-state index is 11.1. The van der Waals surface area contributed by atoms with Crippen LogP contribution in [0.4, 0.5) is 0 Å². The molecule has 0 aliphatic rings. The van der Waals surface area contributed by atoms with Gasteiger partial charge in [-0.25, -0.2) is 0 Å². The molecule has 8 nitrogen and oxygen atoms in total. The van der Waals surface area contributed by atoms with Crippen LogP contribution >= 0.6 is 0 Å². The first-order valence-corrected chi connectivity index (χ1v) is 4.99. The summed E-state index contributed by atoms with van der Waals surface area (Å²) in [5.41, 5.74) is -0.294. The third kappa shape index (κ3) is 5.18. The average molecular weight is 254 g/mol. The van der Waals surface area contributed by atoms with Crippen molar-refractivity contribution in [3.63, 3.8) is 0 Å². The highest BCUT2D eigenvalue weighted by Gasteiger charge is 2.17. The highest BCUT2D eigenvalue weighted by Crippen LogP contribution is 1.94. The van der Waals surface area contributed by atoms with Gasteiger partial charge in [-0.2, -0.15) is 5.26 Å². The van der Waals surface area contributed by atoms with Gasteiger partial charge in [0.25, 0.3) is 0 Å². The van der Waals surface area contributed by atoms with Gasteiger partial charge in [-0.1, -0.05) is 10.3 Å². The summed E-state index contributed by atoms with van der Waals surface area (Å²) in [6.07, 6.45) is 0. The second kappa shape index (κ2) is 7.92. The zero-order valence-electron chi connectivity index (χ0n) is 10.1. The van der Waals surface area contributed by atoms with E-state index in [0.717, 1.165) is 0 Å². The first kappa shape index (κ1) is 15.7. The number of carbonyl (C=O) groups excluding carboxylic acids is 2. The van der Waals surface area contributed by atoms with Crippen molar-refractivity contribution >= 4 is 23.0 Å². The average Bonchev–Trinajstić information content (AvgIpc) is 2.31. The largest absolute Gasteiger partial charge is 0.411 e. The summed E-state index contributed by atoms with van der Waals surface area (Å²) >= 11 is 0. The summed E-state index contributed by atoms with van der Waals surface area (Å²) in [6, 6.07) is 1.83. The van der Waals surface area contributed by atoms with Crippen LogP contribution in [0.3, 0.4) is 0 Å². The van der Waals surface area contributed by atoms with Gasteiger partial charge in [0, 0.05) is 26.9 Å². The fourth-order valence-corrected chi connectivity index (χ4v) is 1.12. The highest BCUT2D eigenvalue weighted by molar-refractivity contribution is 6.40. The summed E-state index contributed by atoms with van der Waals surface area (Å²) in [5, 5.41) is 31.5. The third-order valence-corrected chi connectivity index (χ3v) is 2.10. The number of ketones is 2. The van der Waals surface area contributed by atoms with Crippen LogP contribution in [0.1, 0.15) is 13.8 Å². The quantitative estimate of drug-likeness (QED) is 0.277. The lowest BCUT2D eigenvalue weighted by Crippen LogP contribution is -2.38. The molecule has 0 amide bonds. The zero-order valence-corrected chi connectivity index (χ0v) is 10.1. The number of hydrogen-bond acceptors (Lipinski definition) is 8. The van der Waals surface area contributed by atoms with Gasteiger partial charge >= 0.3 is 0 Å². The molecule has 0 saturated carbocycles. The van der Waals surface area contributed by atoms with Crippen LogP contribution < -0.4 is 0 Å². The first-order valence-electron chi connectivity index (χ1n) is 4.99. The molecule has 0 fully saturated rings. The van der Waals surface area contributed by atoms with E-state index in [-0.39, 0.29) is 31.1 Å². The predicted octanol–water partition coefficient (Wildman–Crippen LogP) is -0.350. The SMILES string of the molecule is CC(=O)C(CN(CC#N)CC(=NO)C(C)=O)=NO. The topological polar surface area (TPSA) is 126 Å². The lowest BCUT2D eigenvalue weighted by atomic mass is 10.2. The summed E-state index contributed by atoms with van der Waals surface area (Å²) in [7, 11) is 0. The minimum Gasteiger partial charge on any atom is -0.411 e. The van der Waals surface area contributed by atoms with Crippen molar-refractivity contribution in [1.29, 1.82) is 5.26 Å². The molecule has 98 valence electrons. The van der Waals surface area contributed by atoms with Gasteiger partial charge < -0.3 is 10.4 Å². The molecule has 0 aliphatic carbocycles. The Morgan fingerprint density at radius 3 is 1.72 bits per heavy atom. The molecule has 0 rings (SSSR count). The Morgan fingerprint density at radius 2 is 1.50 bits per heavy atom. The van der Waals surface area contributed by atoms with E-state index in [2.05, 4.69) is 10.3 Å². The van der Waals surface area contributed by atoms with E-state index in [0.29, 0.717) is 0 Å². The predicted molar refractivity (Wildman–Crippen MR) is 61.9 cm³/mol. The number of nitrogens with zero attached hydrogens (tertiary/aromatic N) is 4. The van der Waals surface area contributed by atoms with E-state index in [9.17, 15) is 9.59 Å². The van der Waals surface area contributed by atoms with Crippen molar-refractivity contribution in [3.05, 3.63) is 0 Å². The fraction of sp³-hybridized carbons (Fsp3) is 0.500. The van der Waals surface area contributed by atoms with Crippen molar-refractivity contribution in [2.24, 2.45) is 10.3 Å². The molecule has 0 spiro atoms. The standard InChI is InChI=1S/C10H14N4O4/c1-7(15)9(12-17)5-14(4-3-11)6-10(13-18)8(2)16/h17-18H,4-6H2,1-2H3. The van der Waals surface area contributed by atoms with Crippen molar-refractivity contribution in [1.82, 2.24) is 4.90 Å². The lowest BCUT2D eigenvalue weighted by Gasteiger charge is -2.18. The number of nitriles is 1. The molecule has 8 heteroatoms. The molecular formula is C10H14N4O4. The van der Waals surface area contributed by atoms with Crippen LogP contribution in [0, 0.1) is 11.3 Å². The van der Waals surface area contributed by atoms with Crippen LogP contribution in [0.2, 0.25) is 0 Å². The molecule has 0 heterocycles. The molecule has 18 heavy (non-hydrogen) atoms. The van der Waals surface area contributed by atoms with Crippen molar-refractivity contribution in [3.8, 4) is 6.07 Å². The normalized spacial score (nSPS) is 12.3. The van der Waals surface area contributed by atoms with Gasteiger partial charge in [-0.3, -0.25) is 14.5 Å². The highest BCUT2D eigenvalue weighted by atomic mass is 16.4. The maximum atomic E-state index is 11.1. The second-order valence-corrected chi connectivity index (χ2v) is 3.51. The molecule has 0 bridgehead atoms. The molecule has 0 atom stereocenters. The van der Waals surface area contributed by atoms with Crippen LogP contribution in [0.5, 0.6) is 0 Å². The Balaban J connectivity index is 4.83. The van der Waals surface area contributed by atoms with Crippen molar-refractivity contribution in [2.75, 3.05) is 19.6 Å². The van der Waals surface area contributed by atoms with Gasteiger partial charge in [0.05, 0.1) is 12.6 Å². The third-order valence-electron chi connectivity index (χ3n) is 2.10. The van der Waals surface area contributed by atoms with E-state index in [1.54, 1.807) is 0 Å². The number of rotatable bonds is 7. The van der Waals surface area contributed by atoms with E-state index >= 15 is 0 Å². The Labute approximate surface area is 104 Å². The zero-order chi connectivity index (χ0) is 14.1. The maximum Gasteiger partial charge on any atom is 0.178 e. The van der Waals surface area contributed by atoms with Crippen molar-refractivity contribution < 1.29 is 20.0 Å². The van der Waals surface area contributed by atoms with E-state index in [1.165, 1.54) is 18.7 Å². The molecule has 0 radical (unpaired) electrons. The van der Waals surface area contributed by atoms with Crippen LogP contribution in [0.25, 0.3) is 0 Å². The van der Waals surface area contributed by atoms with Crippen molar-refractivity contribution in [2.45, 2.75) is 13.8 Å². The first-order chi connectivity index (χ1) is 8.46. The Kier molecular flexibility index (Phi) is 6.92. The lowest BCUT2D eigenvalue weighted by molar-refractivity contribution is -0.112. The van der Waals surface area contributed by atoms with Gasteiger partial charge in [0.2, 0.25) is 0 Å². The second-order valence-electron chi connectivity index (χ2n) is 3.51. The van der Waals surface area contributed by atoms with Gasteiger partial charge in [0.15, 0.2) is 11.6 Å². The number of oxime groups is 2. The van der Waals surface area contributed by atoms with E-state index in [4.69, 9.17) is 15.7 Å². The number of Topliss-reactive ketones (excluding diaryl/α,β-unsaturated/α-hetero) is 2. The van der Waals surface area contributed by atoms with Crippen LogP contribution in [-0.4, -0.2) is 57.9 Å². The van der Waals surface area contributed by atoms with Gasteiger partial charge in [-0.05, 0) is 0 Å². The molecular weight excluding hydrogens is 240 g/mol. The molecule has 0 aromatic carbocycles. The fourth-order valence-electron chi connectivity index (χ4n) is 1.12. The van der Waals surface area contributed by atoms with E-state index < -0.39 is 11.6 Å². The summed E-state index contributed by atoms with van der Waals surface area (Å²) in [5.74, 6) is -0.906. The minimum atomic E-state index is -0.453. The summed E-state index contributed by atoms with van der Waals surface area (Å²) in [6.45, 7) is 2.08. The number of hydrogen-bond donors (Lipinski definition) is 2. The molecule has 0 aliphatic heterocycles. The minimum absolute atomic E-state index is 0.113. The summed E-state index contributed by atoms with van der Waals surface area (Å²) < 4.78 is 0.